The highest BCUT2D eigenvalue weighted by atomic mass is 19.1. The maximum absolute atomic E-state index is 12.9. The Balaban J connectivity index is 1.56. The highest BCUT2D eigenvalue weighted by molar-refractivity contribution is 5.92. The molecule has 23 heavy (non-hydrogen) atoms. The molecule has 6 nitrogen and oxygen atoms in total. The largest absolute Gasteiger partial charge is 0.356 e. The zero-order valence-electron chi connectivity index (χ0n) is 13.3. The molecular formula is C16H20FN5O. The monoisotopic (exact) mass is 317 g/mol. The van der Waals surface area contributed by atoms with Gasteiger partial charge in [0.25, 0.3) is 5.91 Å². The molecule has 0 atom stereocenters. The molecule has 0 aliphatic carbocycles. The van der Waals surface area contributed by atoms with Gasteiger partial charge in [0.1, 0.15) is 17.3 Å². The fourth-order valence-electron chi connectivity index (χ4n) is 2.89. The molecule has 1 aliphatic rings. The molecule has 1 amide bonds. The van der Waals surface area contributed by atoms with E-state index in [1.165, 1.54) is 12.3 Å². The minimum Gasteiger partial charge on any atom is -0.356 e. The molecule has 122 valence electrons. The second-order valence-corrected chi connectivity index (χ2v) is 5.86. The van der Waals surface area contributed by atoms with Crippen LogP contribution in [0.1, 0.15) is 29.0 Å². The van der Waals surface area contributed by atoms with Crippen molar-refractivity contribution in [3.8, 4) is 0 Å². The van der Waals surface area contributed by atoms with Crippen LogP contribution in [0.3, 0.4) is 0 Å². The summed E-state index contributed by atoms with van der Waals surface area (Å²) >= 11 is 0. The highest BCUT2D eigenvalue weighted by Crippen LogP contribution is 2.18. The normalized spacial score (nSPS) is 15.7. The first-order chi connectivity index (χ1) is 11.0. The SMILES string of the molecule is Cc1cc(C(=O)NC2CCN(c3ccc(F)cn3)CC2)n(C)n1. The lowest BCUT2D eigenvalue weighted by atomic mass is 10.0. The van der Waals surface area contributed by atoms with Crippen LogP contribution in [0.4, 0.5) is 10.2 Å². The molecule has 3 heterocycles. The van der Waals surface area contributed by atoms with Gasteiger partial charge in [0.15, 0.2) is 0 Å². The van der Waals surface area contributed by atoms with E-state index in [1.54, 1.807) is 23.9 Å². The van der Waals surface area contributed by atoms with Crippen molar-refractivity contribution < 1.29 is 9.18 Å². The Kier molecular flexibility index (Phi) is 4.27. The number of halogens is 1. The van der Waals surface area contributed by atoms with Crippen LogP contribution in [0.25, 0.3) is 0 Å². The van der Waals surface area contributed by atoms with Gasteiger partial charge in [-0.1, -0.05) is 0 Å². The van der Waals surface area contributed by atoms with Crippen LogP contribution in [0.15, 0.2) is 24.4 Å². The Hall–Kier alpha value is -2.44. The summed E-state index contributed by atoms with van der Waals surface area (Å²) in [6.45, 7) is 3.44. The highest BCUT2D eigenvalue weighted by Gasteiger charge is 2.23. The van der Waals surface area contributed by atoms with E-state index < -0.39 is 0 Å². The summed E-state index contributed by atoms with van der Waals surface area (Å²) in [6, 6.07) is 5.02. The van der Waals surface area contributed by atoms with Crippen LogP contribution in [-0.2, 0) is 7.05 Å². The number of anilines is 1. The van der Waals surface area contributed by atoms with Gasteiger partial charge in [-0.25, -0.2) is 9.37 Å². The zero-order valence-corrected chi connectivity index (χ0v) is 13.3. The predicted octanol–water partition coefficient (Wildman–Crippen LogP) is 1.66. The number of amides is 1. The molecule has 0 spiro atoms. The summed E-state index contributed by atoms with van der Waals surface area (Å²) in [5, 5.41) is 7.26. The van der Waals surface area contributed by atoms with E-state index in [1.807, 2.05) is 6.92 Å². The van der Waals surface area contributed by atoms with Crippen molar-refractivity contribution in [2.75, 3.05) is 18.0 Å². The van der Waals surface area contributed by atoms with E-state index in [4.69, 9.17) is 0 Å². The number of aryl methyl sites for hydroxylation is 2. The van der Waals surface area contributed by atoms with Crippen LogP contribution in [0.5, 0.6) is 0 Å². The van der Waals surface area contributed by atoms with Gasteiger partial charge in [-0.05, 0) is 38.0 Å². The van der Waals surface area contributed by atoms with Crippen molar-refractivity contribution >= 4 is 11.7 Å². The van der Waals surface area contributed by atoms with Crippen molar-refractivity contribution in [1.29, 1.82) is 0 Å². The summed E-state index contributed by atoms with van der Waals surface area (Å²) < 4.78 is 14.5. The fourth-order valence-corrected chi connectivity index (χ4v) is 2.89. The lowest BCUT2D eigenvalue weighted by Gasteiger charge is -2.33. The van der Waals surface area contributed by atoms with E-state index >= 15 is 0 Å². The Bertz CT molecular complexity index is 689. The lowest BCUT2D eigenvalue weighted by molar-refractivity contribution is 0.0921. The molecule has 1 aliphatic heterocycles. The van der Waals surface area contributed by atoms with Crippen molar-refractivity contribution in [3.63, 3.8) is 0 Å². The molecule has 1 saturated heterocycles. The molecule has 0 radical (unpaired) electrons. The number of aromatic nitrogens is 3. The number of hydrogen-bond acceptors (Lipinski definition) is 4. The third kappa shape index (κ3) is 3.49. The van der Waals surface area contributed by atoms with E-state index in [0.29, 0.717) is 5.69 Å². The molecule has 3 rings (SSSR count). The number of nitrogens with zero attached hydrogens (tertiary/aromatic N) is 4. The topological polar surface area (TPSA) is 63.1 Å². The summed E-state index contributed by atoms with van der Waals surface area (Å²) in [7, 11) is 1.77. The average Bonchev–Trinajstić information content (AvgIpc) is 2.88. The van der Waals surface area contributed by atoms with Crippen LogP contribution in [0.2, 0.25) is 0 Å². The number of hydrogen-bond donors (Lipinski definition) is 1. The van der Waals surface area contributed by atoms with Crippen LogP contribution in [-0.4, -0.2) is 39.8 Å². The van der Waals surface area contributed by atoms with Crippen LogP contribution < -0.4 is 10.2 Å². The number of piperidine rings is 1. The Morgan fingerprint density at radius 1 is 1.35 bits per heavy atom. The van der Waals surface area contributed by atoms with E-state index in [9.17, 15) is 9.18 Å². The number of pyridine rings is 1. The van der Waals surface area contributed by atoms with Gasteiger partial charge in [-0.2, -0.15) is 5.10 Å². The summed E-state index contributed by atoms with van der Waals surface area (Å²) in [4.78, 5) is 18.5. The van der Waals surface area contributed by atoms with Crippen molar-refractivity contribution in [3.05, 3.63) is 41.6 Å². The minimum atomic E-state index is -0.331. The standard InChI is InChI=1S/C16H20FN5O/c1-11-9-14(21(2)20-11)16(23)19-13-5-7-22(8-6-13)15-4-3-12(17)10-18-15/h3-4,9-10,13H,5-8H2,1-2H3,(H,19,23). The quantitative estimate of drug-likeness (QED) is 0.935. The van der Waals surface area contributed by atoms with Crippen LogP contribution in [0, 0.1) is 12.7 Å². The molecule has 0 aromatic carbocycles. The Labute approximate surface area is 134 Å². The van der Waals surface area contributed by atoms with Crippen molar-refractivity contribution in [2.45, 2.75) is 25.8 Å². The molecule has 0 unspecified atom stereocenters. The first-order valence-electron chi connectivity index (χ1n) is 7.71. The van der Waals surface area contributed by atoms with Gasteiger partial charge < -0.3 is 10.2 Å². The van der Waals surface area contributed by atoms with E-state index in [0.717, 1.165) is 37.4 Å². The van der Waals surface area contributed by atoms with Gasteiger partial charge in [0.05, 0.1) is 11.9 Å². The molecular weight excluding hydrogens is 297 g/mol. The molecule has 2 aromatic rings. The smallest absolute Gasteiger partial charge is 0.269 e. The second kappa shape index (κ2) is 6.36. The number of carbonyl (C=O) groups excluding carboxylic acids is 1. The number of nitrogens with one attached hydrogen (secondary N) is 1. The molecule has 0 bridgehead atoms. The third-order valence-corrected chi connectivity index (χ3v) is 4.10. The molecule has 2 aromatic heterocycles. The van der Waals surface area contributed by atoms with Gasteiger partial charge >= 0.3 is 0 Å². The summed E-state index contributed by atoms with van der Waals surface area (Å²) in [5.41, 5.74) is 1.40. The van der Waals surface area contributed by atoms with Crippen LogP contribution >= 0.6 is 0 Å². The van der Waals surface area contributed by atoms with Gasteiger partial charge in [-0.15, -0.1) is 0 Å². The van der Waals surface area contributed by atoms with Crippen molar-refractivity contribution in [2.24, 2.45) is 7.05 Å². The van der Waals surface area contributed by atoms with Gasteiger partial charge in [0, 0.05) is 26.2 Å². The fraction of sp³-hybridized carbons (Fsp3) is 0.438. The Morgan fingerprint density at radius 3 is 2.65 bits per heavy atom. The predicted molar refractivity (Wildman–Crippen MR) is 84.8 cm³/mol. The first kappa shape index (κ1) is 15.5. The Morgan fingerprint density at radius 2 is 2.09 bits per heavy atom. The minimum absolute atomic E-state index is 0.0912. The molecule has 0 saturated carbocycles. The third-order valence-electron chi connectivity index (χ3n) is 4.10. The second-order valence-electron chi connectivity index (χ2n) is 5.86. The van der Waals surface area contributed by atoms with Crippen molar-refractivity contribution in [1.82, 2.24) is 20.1 Å². The maximum atomic E-state index is 12.9. The summed E-state index contributed by atoms with van der Waals surface area (Å²) in [6.07, 6.45) is 2.90. The lowest BCUT2D eigenvalue weighted by Crippen LogP contribution is -2.45. The first-order valence-corrected chi connectivity index (χ1v) is 7.71. The van der Waals surface area contributed by atoms with Gasteiger partial charge in [0.2, 0.25) is 0 Å². The van der Waals surface area contributed by atoms with E-state index in [-0.39, 0.29) is 17.8 Å². The maximum Gasteiger partial charge on any atom is 0.269 e. The number of carbonyl (C=O) groups is 1. The van der Waals surface area contributed by atoms with E-state index in [2.05, 4.69) is 20.3 Å². The van der Waals surface area contributed by atoms with Gasteiger partial charge in [-0.3, -0.25) is 9.48 Å². The molecule has 1 fully saturated rings. The zero-order chi connectivity index (χ0) is 16.4. The molecule has 7 heteroatoms. The number of rotatable bonds is 3. The summed E-state index contributed by atoms with van der Waals surface area (Å²) in [5.74, 6) is 0.354. The average molecular weight is 317 g/mol. The molecule has 1 N–H and O–H groups in total.